The van der Waals surface area contributed by atoms with E-state index in [1.807, 2.05) is 0 Å². The van der Waals surface area contributed by atoms with Crippen molar-refractivity contribution in [3.05, 3.63) is 24.3 Å². The van der Waals surface area contributed by atoms with E-state index in [9.17, 15) is 9.59 Å². The first-order valence-corrected chi connectivity index (χ1v) is 10.0. The molecule has 0 atom stereocenters. The minimum absolute atomic E-state index is 0.665. The Balaban J connectivity index is 1.63. The molecule has 0 radical (unpaired) electrons. The van der Waals surface area contributed by atoms with Gasteiger partial charge in [0.05, 0.1) is 0 Å². The van der Waals surface area contributed by atoms with Crippen LogP contribution in [0.15, 0.2) is 24.3 Å². The van der Waals surface area contributed by atoms with Gasteiger partial charge in [-0.25, -0.2) is 0 Å². The molecule has 0 aromatic rings. The molecule has 0 heterocycles. The largest absolute Gasteiger partial charge is 0.303 e. The van der Waals surface area contributed by atoms with E-state index < -0.39 is 0 Å². The molecule has 2 saturated carbocycles. The lowest BCUT2D eigenvalue weighted by atomic mass is 9.69. The fraction of sp³-hybridized carbons (Fsp3) is 0.727. The summed E-state index contributed by atoms with van der Waals surface area (Å²) < 4.78 is 0. The molecule has 2 rings (SSSR count). The van der Waals surface area contributed by atoms with Crippen molar-refractivity contribution in [3.8, 4) is 0 Å². The normalized spacial score (nSPS) is 31.5. The Morgan fingerprint density at radius 1 is 0.542 bits per heavy atom. The zero-order valence-electron chi connectivity index (χ0n) is 15.1. The van der Waals surface area contributed by atoms with E-state index in [0.717, 1.165) is 49.1 Å². The van der Waals surface area contributed by atoms with Crippen molar-refractivity contribution in [2.24, 2.45) is 23.7 Å². The molecule has 0 aliphatic heterocycles. The molecule has 2 nitrogen and oxygen atoms in total. The van der Waals surface area contributed by atoms with Crippen LogP contribution in [0, 0.1) is 23.7 Å². The van der Waals surface area contributed by atoms with Crippen molar-refractivity contribution >= 4 is 12.6 Å². The second-order valence-electron chi connectivity index (χ2n) is 7.69. The number of carbonyl (C=O) groups excluding carboxylic acids is 2. The van der Waals surface area contributed by atoms with Crippen LogP contribution in [0.1, 0.15) is 77.0 Å². The Labute approximate surface area is 147 Å². The molecule has 0 unspecified atom stereocenters. The van der Waals surface area contributed by atoms with E-state index >= 15 is 0 Å². The van der Waals surface area contributed by atoms with Gasteiger partial charge in [0.25, 0.3) is 0 Å². The van der Waals surface area contributed by atoms with Gasteiger partial charge < -0.3 is 9.59 Å². The van der Waals surface area contributed by atoms with Crippen LogP contribution in [0.4, 0.5) is 0 Å². The first-order chi connectivity index (χ1) is 11.8. The van der Waals surface area contributed by atoms with Gasteiger partial charge in [-0.05, 0) is 87.9 Å². The van der Waals surface area contributed by atoms with Crippen LogP contribution >= 0.6 is 0 Å². The Morgan fingerprint density at radius 2 is 0.917 bits per heavy atom. The quantitative estimate of drug-likeness (QED) is 0.310. The van der Waals surface area contributed by atoms with Crippen molar-refractivity contribution in [2.75, 3.05) is 0 Å². The molecule has 2 aliphatic rings. The molecule has 0 saturated heterocycles. The molecule has 24 heavy (non-hydrogen) atoms. The Hall–Kier alpha value is -1.18. The summed E-state index contributed by atoms with van der Waals surface area (Å²) >= 11 is 0. The molecule has 0 N–H and O–H groups in total. The fourth-order valence-electron chi connectivity index (χ4n) is 4.52. The minimum Gasteiger partial charge on any atom is -0.303 e. The molecule has 2 aliphatic carbocycles. The van der Waals surface area contributed by atoms with Gasteiger partial charge in [0.2, 0.25) is 0 Å². The summed E-state index contributed by atoms with van der Waals surface area (Å²) in [7, 11) is 0. The van der Waals surface area contributed by atoms with Crippen LogP contribution in [0.5, 0.6) is 0 Å². The van der Waals surface area contributed by atoms with Crippen molar-refractivity contribution in [3.63, 3.8) is 0 Å². The highest BCUT2D eigenvalue weighted by Crippen LogP contribution is 2.41. The summed E-state index contributed by atoms with van der Waals surface area (Å²) in [6, 6.07) is 0. The van der Waals surface area contributed by atoms with Gasteiger partial charge in [-0.15, -0.1) is 0 Å². The third-order valence-corrected chi connectivity index (χ3v) is 6.02. The third kappa shape index (κ3) is 6.75. The lowest BCUT2D eigenvalue weighted by molar-refractivity contribution is -0.108. The maximum absolute atomic E-state index is 10.3. The first kappa shape index (κ1) is 19.1. The predicted octanol–water partition coefficient (Wildman–Crippen LogP) is 5.67. The molecular formula is C22H34O2. The van der Waals surface area contributed by atoms with Crippen LogP contribution in [0.2, 0.25) is 0 Å². The van der Waals surface area contributed by atoms with E-state index in [2.05, 4.69) is 24.3 Å². The van der Waals surface area contributed by atoms with Crippen LogP contribution in [0.3, 0.4) is 0 Å². The van der Waals surface area contributed by atoms with Crippen molar-refractivity contribution in [1.29, 1.82) is 0 Å². The van der Waals surface area contributed by atoms with Gasteiger partial charge in [-0.1, -0.05) is 24.3 Å². The number of aldehydes is 2. The minimum atomic E-state index is 0.665. The SMILES string of the molecule is O=CCCC=CC1CCC(C2CCC(C=CCCC=O)CC2)CC1. The average Bonchev–Trinajstić information content (AvgIpc) is 2.64. The van der Waals surface area contributed by atoms with Gasteiger partial charge in [-0.2, -0.15) is 0 Å². The number of hydrogen-bond donors (Lipinski definition) is 0. The van der Waals surface area contributed by atoms with Gasteiger partial charge >= 0.3 is 0 Å². The zero-order chi connectivity index (χ0) is 17.0. The molecule has 0 bridgehead atoms. The van der Waals surface area contributed by atoms with Crippen LogP contribution in [-0.2, 0) is 9.59 Å². The van der Waals surface area contributed by atoms with E-state index in [-0.39, 0.29) is 0 Å². The van der Waals surface area contributed by atoms with Gasteiger partial charge in [0, 0.05) is 12.8 Å². The molecule has 0 amide bonds. The number of carbonyl (C=O) groups is 2. The standard InChI is InChI=1S/C22H34O2/c23-17-5-1-3-7-19-9-13-21(14-10-19)22-15-11-20(12-16-22)8-4-2-6-18-24/h3-4,7-8,17-22H,1-2,5-6,9-16H2. The Bertz CT molecular complexity index is 368. The highest BCUT2D eigenvalue weighted by Gasteiger charge is 2.29. The van der Waals surface area contributed by atoms with Crippen molar-refractivity contribution < 1.29 is 9.59 Å². The van der Waals surface area contributed by atoms with E-state index in [4.69, 9.17) is 0 Å². The summed E-state index contributed by atoms with van der Waals surface area (Å²) in [5.41, 5.74) is 0. The average molecular weight is 331 g/mol. The van der Waals surface area contributed by atoms with E-state index in [1.54, 1.807) is 0 Å². The lowest BCUT2D eigenvalue weighted by Crippen LogP contribution is -2.25. The molecule has 0 spiro atoms. The summed E-state index contributed by atoms with van der Waals surface area (Å²) in [5, 5.41) is 0. The second kappa shape index (κ2) is 11.4. The number of unbranched alkanes of at least 4 members (excludes halogenated alkanes) is 2. The third-order valence-electron chi connectivity index (χ3n) is 6.02. The van der Waals surface area contributed by atoms with Gasteiger partial charge in [0.15, 0.2) is 0 Å². The first-order valence-electron chi connectivity index (χ1n) is 10.0. The molecule has 2 fully saturated rings. The lowest BCUT2D eigenvalue weighted by Gasteiger charge is -2.37. The molecule has 134 valence electrons. The highest BCUT2D eigenvalue weighted by molar-refractivity contribution is 5.49. The summed E-state index contributed by atoms with van der Waals surface area (Å²) in [6.45, 7) is 0. The number of allylic oxidation sites excluding steroid dienone is 4. The Morgan fingerprint density at radius 3 is 1.25 bits per heavy atom. The maximum atomic E-state index is 10.3. The van der Waals surface area contributed by atoms with Crippen LogP contribution in [-0.4, -0.2) is 12.6 Å². The second-order valence-corrected chi connectivity index (χ2v) is 7.69. The summed E-state index contributed by atoms with van der Waals surface area (Å²) in [4.78, 5) is 20.7. The topological polar surface area (TPSA) is 34.1 Å². The summed E-state index contributed by atoms with van der Waals surface area (Å²) in [6.07, 6.45) is 25.3. The van der Waals surface area contributed by atoms with E-state index in [0.29, 0.717) is 12.8 Å². The molecular weight excluding hydrogens is 296 g/mol. The van der Waals surface area contributed by atoms with Crippen molar-refractivity contribution in [1.82, 2.24) is 0 Å². The monoisotopic (exact) mass is 330 g/mol. The molecule has 0 aromatic carbocycles. The maximum Gasteiger partial charge on any atom is 0.120 e. The van der Waals surface area contributed by atoms with E-state index in [1.165, 1.54) is 51.4 Å². The number of rotatable bonds is 9. The summed E-state index contributed by atoms with van der Waals surface area (Å²) in [5.74, 6) is 3.41. The highest BCUT2D eigenvalue weighted by atomic mass is 16.1. The predicted molar refractivity (Wildman–Crippen MR) is 99.8 cm³/mol. The van der Waals surface area contributed by atoms with Crippen molar-refractivity contribution in [2.45, 2.75) is 77.0 Å². The van der Waals surface area contributed by atoms with Crippen LogP contribution in [0.25, 0.3) is 0 Å². The number of hydrogen-bond acceptors (Lipinski definition) is 2. The van der Waals surface area contributed by atoms with Gasteiger partial charge in [-0.3, -0.25) is 0 Å². The molecule has 2 heteroatoms. The Kier molecular flexibility index (Phi) is 9.09. The fourth-order valence-corrected chi connectivity index (χ4v) is 4.52. The smallest absolute Gasteiger partial charge is 0.120 e. The van der Waals surface area contributed by atoms with Crippen LogP contribution < -0.4 is 0 Å². The van der Waals surface area contributed by atoms with Gasteiger partial charge in [0.1, 0.15) is 12.6 Å². The molecule has 0 aromatic heterocycles. The zero-order valence-corrected chi connectivity index (χ0v) is 15.1.